The van der Waals surface area contributed by atoms with Gasteiger partial charge < -0.3 is 15.1 Å². The van der Waals surface area contributed by atoms with Crippen LogP contribution in [-0.2, 0) is 20.8 Å². The second-order valence-corrected chi connectivity index (χ2v) is 7.53. The van der Waals surface area contributed by atoms with Gasteiger partial charge in [-0.2, -0.15) is 0 Å². The molecule has 152 valence electrons. The van der Waals surface area contributed by atoms with Gasteiger partial charge >= 0.3 is 0 Å². The van der Waals surface area contributed by atoms with E-state index in [0.717, 1.165) is 30.5 Å². The third kappa shape index (κ3) is 4.70. The molecular formula is C21H30N4O3. The standard InChI is InChI=1S/C21H30N4O3/c1-3-17-7-4-5-8-18(17)22-20(27)15-23-11-13-24(14-12-23)21(28)19-9-6-10-25(19)16(2)26/h4-5,7-8,19H,3,6,9-15H2,1-2H3,(H,22,27). The van der Waals surface area contributed by atoms with Crippen LogP contribution in [0.5, 0.6) is 0 Å². The van der Waals surface area contributed by atoms with E-state index in [0.29, 0.717) is 39.3 Å². The maximum absolute atomic E-state index is 12.8. The van der Waals surface area contributed by atoms with Gasteiger partial charge in [0.25, 0.3) is 0 Å². The van der Waals surface area contributed by atoms with Gasteiger partial charge in [0.1, 0.15) is 6.04 Å². The quantitative estimate of drug-likeness (QED) is 0.829. The minimum absolute atomic E-state index is 0.0285. The molecule has 2 fully saturated rings. The SMILES string of the molecule is CCc1ccccc1NC(=O)CN1CCN(C(=O)C2CCCN2C(C)=O)CC1. The maximum Gasteiger partial charge on any atom is 0.245 e. The number of likely N-dealkylation sites (tertiary alicyclic amines) is 1. The van der Waals surface area contributed by atoms with Crippen molar-refractivity contribution in [1.82, 2.24) is 14.7 Å². The average Bonchev–Trinajstić information content (AvgIpc) is 3.18. The van der Waals surface area contributed by atoms with Crippen molar-refractivity contribution < 1.29 is 14.4 Å². The number of anilines is 1. The van der Waals surface area contributed by atoms with Crippen molar-refractivity contribution in [2.24, 2.45) is 0 Å². The van der Waals surface area contributed by atoms with Crippen LogP contribution in [0.25, 0.3) is 0 Å². The van der Waals surface area contributed by atoms with Crippen molar-refractivity contribution >= 4 is 23.4 Å². The van der Waals surface area contributed by atoms with Gasteiger partial charge in [-0.1, -0.05) is 25.1 Å². The van der Waals surface area contributed by atoms with E-state index in [4.69, 9.17) is 0 Å². The minimum Gasteiger partial charge on any atom is -0.338 e. The number of nitrogens with zero attached hydrogens (tertiary/aromatic N) is 3. The summed E-state index contributed by atoms with van der Waals surface area (Å²) >= 11 is 0. The second kappa shape index (κ2) is 9.19. The van der Waals surface area contributed by atoms with Crippen molar-refractivity contribution in [3.05, 3.63) is 29.8 Å². The fourth-order valence-electron chi connectivity index (χ4n) is 4.08. The molecule has 0 bridgehead atoms. The van der Waals surface area contributed by atoms with Gasteiger partial charge in [-0.25, -0.2) is 0 Å². The van der Waals surface area contributed by atoms with Crippen molar-refractivity contribution in [2.45, 2.75) is 39.2 Å². The van der Waals surface area contributed by atoms with E-state index in [2.05, 4.69) is 17.1 Å². The second-order valence-electron chi connectivity index (χ2n) is 7.53. The van der Waals surface area contributed by atoms with Gasteiger partial charge in [0.2, 0.25) is 17.7 Å². The summed E-state index contributed by atoms with van der Waals surface area (Å²) in [4.78, 5) is 42.5. The molecule has 1 N–H and O–H groups in total. The molecular weight excluding hydrogens is 356 g/mol. The normalized spacial score (nSPS) is 20.3. The lowest BCUT2D eigenvalue weighted by atomic mass is 10.1. The predicted molar refractivity (Wildman–Crippen MR) is 108 cm³/mol. The Hall–Kier alpha value is -2.41. The van der Waals surface area contributed by atoms with E-state index >= 15 is 0 Å². The highest BCUT2D eigenvalue weighted by molar-refractivity contribution is 5.93. The van der Waals surface area contributed by atoms with Crippen LogP contribution in [0.4, 0.5) is 5.69 Å². The number of aryl methyl sites for hydroxylation is 1. The highest BCUT2D eigenvalue weighted by Crippen LogP contribution is 2.20. The Kier molecular flexibility index (Phi) is 6.67. The maximum atomic E-state index is 12.8. The first-order chi connectivity index (χ1) is 13.5. The first-order valence-electron chi connectivity index (χ1n) is 10.2. The van der Waals surface area contributed by atoms with Crippen LogP contribution in [0, 0.1) is 0 Å². The largest absolute Gasteiger partial charge is 0.338 e. The molecule has 1 aromatic rings. The number of carbonyl (C=O) groups is 3. The van der Waals surface area contributed by atoms with E-state index in [-0.39, 0.29) is 23.8 Å². The summed E-state index contributed by atoms with van der Waals surface area (Å²) in [6.45, 7) is 7.12. The van der Waals surface area contributed by atoms with Crippen LogP contribution in [0.15, 0.2) is 24.3 Å². The lowest BCUT2D eigenvalue weighted by Gasteiger charge is -2.37. The Morgan fingerprint density at radius 3 is 2.46 bits per heavy atom. The molecule has 3 rings (SSSR count). The molecule has 1 aromatic carbocycles. The summed E-state index contributed by atoms with van der Waals surface area (Å²) in [7, 11) is 0. The molecule has 1 atom stereocenters. The molecule has 0 aliphatic carbocycles. The van der Waals surface area contributed by atoms with Crippen LogP contribution in [-0.4, -0.2) is 77.7 Å². The van der Waals surface area contributed by atoms with Gasteiger partial charge in [-0.05, 0) is 30.9 Å². The zero-order valence-corrected chi connectivity index (χ0v) is 16.8. The highest BCUT2D eigenvalue weighted by atomic mass is 16.2. The van der Waals surface area contributed by atoms with Crippen LogP contribution < -0.4 is 5.32 Å². The third-order valence-corrected chi connectivity index (χ3v) is 5.67. The molecule has 0 saturated carbocycles. The topological polar surface area (TPSA) is 73.0 Å². The molecule has 2 aliphatic rings. The molecule has 3 amide bonds. The molecule has 0 radical (unpaired) electrons. The molecule has 0 spiro atoms. The summed E-state index contributed by atoms with van der Waals surface area (Å²) in [5.41, 5.74) is 1.99. The number of amides is 3. The molecule has 2 saturated heterocycles. The number of hydrogen-bond donors (Lipinski definition) is 1. The molecule has 7 nitrogen and oxygen atoms in total. The average molecular weight is 386 g/mol. The van der Waals surface area contributed by atoms with E-state index in [1.165, 1.54) is 6.92 Å². The first-order valence-corrected chi connectivity index (χ1v) is 10.2. The summed E-state index contributed by atoms with van der Waals surface area (Å²) in [5, 5.41) is 3.00. The Bertz CT molecular complexity index is 728. The number of nitrogens with one attached hydrogen (secondary N) is 1. The predicted octanol–water partition coefficient (Wildman–Crippen LogP) is 1.34. The molecule has 0 aromatic heterocycles. The number of benzene rings is 1. The van der Waals surface area contributed by atoms with Crippen molar-refractivity contribution in [3.8, 4) is 0 Å². The van der Waals surface area contributed by atoms with Gasteiger partial charge in [-0.3, -0.25) is 19.3 Å². The van der Waals surface area contributed by atoms with E-state index in [1.54, 1.807) is 4.90 Å². The smallest absolute Gasteiger partial charge is 0.245 e. The van der Waals surface area contributed by atoms with Crippen LogP contribution in [0.3, 0.4) is 0 Å². The van der Waals surface area contributed by atoms with Gasteiger partial charge in [0.15, 0.2) is 0 Å². The summed E-state index contributed by atoms with van der Waals surface area (Å²) < 4.78 is 0. The Morgan fingerprint density at radius 2 is 1.79 bits per heavy atom. The number of hydrogen-bond acceptors (Lipinski definition) is 4. The molecule has 1 unspecified atom stereocenters. The summed E-state index contributed by atoms with van der Waals surface area (Å²) in [5.74, 6) is -0.00795. The molecule has 2 aliphatic heterocycles. The Balaban J connectivity index is 1.48. The van der Waals surface area contributed by atoms with Crippen LogP contribution >= 0.6 is 0 Å². The number of para-hydroxylation sites is 1. The molecule has 2 heterocycles. The Morgan fingerprint density at radius 1 is 1.07 bits per heavy atom. The lowest BCUT2D eigenvalue weighted by molar-refractivity contribution is -0.144. The minimum atomic E-state index is -0.308. The fraction of sp³-hybridized carbons (Fsp3) is 0.571. The van der Waals surface area contributed by atoms with Crippen molar-refractivity contribution in [2.75, 3.05) is 44.6 Å². The van der Waals surface area contributed by atoms with Gasteiger partial charge in [0, 0.05) is 45.3 Å². The first kappa shape index (κ1) is 20.3. The molecule has 28 heavy (non-hydrogen) atoms. The van der Waals surface area contributed by atoms with Crippen LogP contribution in [0.2, 0.25) is 0 Å². The number of piperazine rings is 1. The highest BCUT2D eigenvalue weighted by Gasteiger charge is 2.36. The Labute approximate surface area is 166 Å². The summed E-state index contributed by atoms with van der Waals surface area (Å²) in [6, 6.07) is 7.54. The van der Waals surface area contributed by atoms with E-state index < -0.39 is 0 Å². The number of rotatable bonds is 5. The molecule has 7 heteroatoms. The van der Waals surface area contributed by atoms with Crippen molar-refractivity contribution in [1.29, 1.82) is 0 Å². The van der Waals surface area contributed by atoms with Gasteiger partial charge in [-0.15, -0.1) is 0 Å². The lowest BCUT2D eigenvalue weighted by Crippen LogP contribution is -2.55. The van der Waals surface area contributed by atoms with Crippen molar-refractivity contribution in [3.63, 3.8) is 0 Å². The van der Waals surface area contributed by atoms with Crippen LogP contribution in [0.1, 0.15) is 32.3 Å². The fourth-order valence-corrected chi connectivity index (χ4v) is 4.08. The monoisotopic (exact) mass is 386 g/mol. The van der Waals surface area contributed by atoms with Gasteiger partial charge in [0.05, 0.1) is 6.54 Å². The number of carbonyl (C=O) groups excluding carboxylic acids is 3. The zero-order valence-electron chi connectivity index (χ0n) is 16.8. The van der Waals surface area contributed by atoms with E-state index in [9.17, 15) is 14.4 Å². The third-order valence-electron chi connectivity index (χ3n) is 5.67. The zero-order chi connectivity index (χ0) is 20.1. The van der Waals surface area contributed by atoms with E-state index in [1.807, 2.05) is 29.2 Å². The summed E-state index contributed by atoms with van der Waals surface area (Å²) in [6.07, 6.45) is 2.50.